The first-order valence-electron chi connectivity index (χ1n) is 6.16. The minimum atomic E-state index is -0.0370. The number of nitrogens with one attached hydrogen (secondary N) is 1. The van der Waals surface area contributed by atoms with Crippen molar-refractivity contribution < 1.29 is 9.53 Å². The topological polar surface area (TPSA) is 41.6 Å². The maximum absolute atomic E-state index is 12.1. The minimum Gasteiger partial charge on any atom is -0.482 e. The molecule has 1 aliphatic heterocycles. The fraction of sp³-hybridized carbons (Fsp3) is 0.462. The van der Waals surface area contributed by atoms with Crippen LogP contribution in [0.4, 0.5) is 0 Å². The predicted molar refractivity (Wildman–Crippen MR) is 76.0 cm³/mol. The lowest BCUT2D eigenvalue weighted by atomic mass is 10.2. The van der Waals surface area contributed by atoms with Gasteiger partial charge in [-0.2, -0.15) is 0 Å². The second kappa shape index (κ2) is 6.46. The first-order chi connectivity index (χ1) is 9.08. The highest BCUT2D eigenvalue weighted by molar-refractivity contribution is 6.34. The Morgan fingerprint density at radius 2 is 2.32 bits per heavy atom. The summed E-state index contributed by atoms with van der Waals surface area (Å²) in [7, 11) is 0. The molecule has 19 heavy (non-hydrogen) atoms. The summed E-state index contributed by atoms with van der Waals surface area (Å²) in [6.07, 6.45) is 0. The van der Waals surface area contributed by atoms with Gasteiger partial charge in [-0.05, 0) is 19.1 Å². The number of nitrogens with zero attached hydrogens (tertiary/aromatic N) is 1. The molecule has 1 aliphatic rings. The van der Waals surface area contributed by atoms with Crippen molar-refractivity contribution in [2.24, 2.45) is 0 Å². The Labute approximate surface area is 122 Å². The van der Waals surface area contributed by atoms with Crippen molar-refractivity contribution >= 4 is 29.1 Å². The molecule has 1 N–H and O–H groups in total. The molecule has 0 radical (unpaired) electrons. The molecule has 6 heteroatoms. The Balaban J connectivity index is 1.94. The molecule has 1 amide bonds. The van der Waals surface area contributed by atoms with E-state index in [-0.39, 0.29) is 18.6 Å². The average molecular weight is 303 g/mol. The van der Waals surface area contributed by atoms with E-state index >= 15 is 0 Å². The average Bonchev–Trinajstić information content (AvgIpc) is 2.40. The molecular formula is C13H16Cl2N2O2. The first-order valence-corrected chi connectivity index (χ1v) is 6.91. The highest BCUT2D eigenvalue weighted by Gasteiger charge is 2.23. The van der Waals surface area contributed by atoms with Gasteiger partial charge in [-0.1, -0.05) is 23.2 Å². The monoisotopic (exact) mass is 302 g/mol. The quantitative estimate of drug-likeness (QED) is 0.930. The van der Waals surface area contributed by atoms with E-state index < -0.39 is 0 Å². The zero-order valence-electron chi connectivity index (χ0n) is 10.7. The van der Waals surface area contributed by atoms with Gasteiger partial charge in [-0.3, -0.25) is 4.79 Å². The van der Waals surface area contributed by atoms with Crippen molar-refractivity contribution in [3.05, 3.63) is 28.2 Å². The SMILES string of the molecule is C[C@H]1CNCCN1C(=O)COc1cc(Cl)ccc1Cl. The van der Waals surface area contributed by atoms with Crippen LogP contribution in [-0.2, 0) is 4.79 Å². The second-order valence-corrected chi connectivity index (χ2v) is 5.35. The number of hydrogen-bond acceptors (Lipinski definition) is 3. The fourth-order valence-electron chi connectivity index (χ4n) is 2.02. The lowest BCUT2D eigenvalue weighted by Gasteiger charge is -2.33. The molecule has 0 saturated carbocycles. The minimum absolute atomic E-state index is 0.0234. The molecule has 1 aromatic carbocycles. The Kier molecular flexibility index (Phi) is 4.91. The zero-order chi connectivity index (χ0) is 13.8. The van der Waals surface area contributed by atoms with Crippen molar-refractivity contribution in [2.45, 2.75) is 13.0 Å². The van der Waals surface area contributed by atoms with E-state index in [0.29, 0.717) is 22.3 Å². The number of halogens is 2. The van der Waals surface area contributed by atoms with Gasteiger partial charge >= 0.3 is 0 Å². The molecule has 1 saturated heterocycles. The number of ether oxygens (including phenoxy) is 1. The third-order valence-electron chi connectivity index (χ3n) is 3.07. The van der Waals surface area contributed by atoms with Gasteiger partial charge in [0.1, 0.15) is 5.75 Å². The number of carbonyl (C=O) groups excluding carboxylic acids is 1. The third-order valence-corrected chi connectivity index (χ3v) is 3.61. The van der Waals surface area contributed by atoms with Gasteiger partial charge < -0.3 is 15.0 Å². The number of piperazine rings is 1. The summed E-state index contributed by atoms with van der Waals surface area (Å²) in [4.78, 5) is 13.9. The molecule has 0 aromatic heterocycles. The maximum Gasteiger partial charge on any atom is 0.260 e. The Bertz CT molecular complexity index is 468. The standard InChI is InChI=1S/C13H16Cl2N2O2/c1-9-7-16-4-5-17(9)13(18)8-19-12-6-10(14)2-3-11(12)15/h2-3,6,9,16H,4-5,7-8H2,1H3/t9-/m0/s1. The van der Waals surface area contributed by atoms with Crippen molar-refractivity contribution in [3.8, 4) is 5.75 Å². The van der Waals surface area contributed by atoms with Crippen LogP contribution in [0.25, 0.3) is 0 Å². The van der Waals surface area contributed by atoms with E-state index in [0.717, 1.165) is 13.1 Å². The predicted octanol–water partition coefficient (Wildman–Crippen LogP) is 2.19. The third kappa shape index (κ3) is 3.75. The highest BCUT2D eigenvalue weighted by Crippen LogP contribution is 2.27. The molecule has 0 aliphatic carbocycles. The van der Waals surface area contributed by atoms with Crippen LogP contribution >= 0.6 is 23.2 Å². The largest absolute Gasteiger partial charge is 0.482 e. The van der Waals surface area contributed by atoms with Crippen LogP contribution in [0.2, 0.25) is 10.0 Å². The van der Waals surface area contributed by atoms with Crippen LogP contribution < -0.4 is 10.1 Å². The van der Waals surface area contributed by atoms with Crippen molar-refractivity contribution in [1.29, 1.82) is 0 Å². The first kappa shape index (κ1) is 14.4. The van der Waals surface area contributed by atoms with Gasteiger partial charge in [0.25, 0.3) is 5.91 Å². The van der Waals surface area contributed by atoms with Crippen LogP contribution in [0.15, 0.2) is 18.2 Å². The molecule has 2 rings (SSSR count). The zero-order valence-corrected chi connectivity index (χ0v) is 12.2. The van der Waals surface area contributed by atoms with E-state index in [1.165, 1.54) is 0 Å². The summed E-state index contributed by atoms with van der Waals surface area (Å²) in [5.41, 5.74) is 0. The van der Waals surface area contributed by atoms with E-state index in [1.807, 2.05) is 11.8 Å². The van der Waals surface area contributed by atoms with E-state index in [4.69, 9.17) is 27.9 Å². The van der Waals surface area contributed by atoms with Crippen molar-refractivity contribution in [1.82, 2.24) is 10.2 Å². The van der Waals surface area contributed by atoms with E-state index in [2.05, 4.69) is 5.32 Å². The molecule has 0 unspecified atom stereocenters. The molecule has 1 heterocycles. The molecule has 1 aromatic rings. The van der Waals surface area contributed by atoms with E-state index in [1.54, 1.807) is 18.2 Å². The summed E-state index contributed by atoms with van der Waals surface area (Å²) in [6, 6.07) is 5.12. The van der Waals surface area contributed by atoms with Crippen LogP contribution in [0.5, 0.6) is 5.75 Å². The molecular weight excluding hydrogens is 287 g/mol. The van der Waals surface area contributed by atoms with Gasteiger partial charge in [0.05, 0.1) is 5.02 Å². The number of rotatable bonds is 3. The molecule has 1 fully saturated rings. The van der Waals surface area contributed by atoms with Crippen LogP contribution in [0.3, 0.4) is 0 Å². The summed E-state index contributed by atoms with van der Waals surface area (Å²) in [5.74, 6) is 0.398. The van der Waals surface area contributed by atoms with Gasteiger partial charge in [0.15, 0.2) is 6.61 Å². The van der Waals surface area contributed by atoms with Crippen LogP contribution in [0.1, 0.15) is 6.92 Å². The summed E-state index contributed by atoms with van der Waals surface area (Å²) in [6.45, 7) is 4.31. The lowest BCUT2D eigenvalue weighted by Crippen LogP contribution is -2.53. The van der Waals surface area contributed by atoms with E-state index in [9.17, 15) is 4.79 Å². The Morgan fingerprint density at radius 1 is 1.53 bits per heavy atom. The molecule has 1 atom stereocenters. The molecule has 104 valence electrons. The Morgan fingerprint density at radius 3 is 3.05 bits per heavy atom. The van der Waals surface area contributed by atoms with Crippen molar-refractivity contribution in [3.63, 3.8) is 0 Å². The normalized spacial score (nSPS) is 19.3. The fourth-order valence-corrected chi connectivity index (χ4v) is 2.36. The number of hydrogen-bond donors (Lipinski definition) is 1. The van der Waals surface area contributed by atoms with Gasteiger partial charge in [0, 0.05) is 36.8 Å². The number of carbonyl (C=O) groups is 1. The number of benzene rings is 1. The molecule has 4 nitrogen and oxygen atoms in total. The Hall–Kier alpha value is -0.970. The smallest absolute Gasteiger partial charge is 0.260 e. The highest BCUT2D eigenvalue weighted by atomic mass is 35.5. The molecule has 0 spiro atoms. The van der Waals surface area contributed by atoms with Gasteiger partial charge in [-0.15, -0.1) is 0 Å². The van der Waals surface area contributed by atoms with Crippen molar-refractivity contribution in [2.75, 3.05) is 26.2 Å². The second-order valence-electron chi connectivity index (χ2n) is 4.50. The maximum atomic E-state index is 12.1. The van der Waals surface area contributed by atoms with Gasteiger partial charge in [0.2, 0.25) is 0 Å². The lowest BCUT2D eigenvalue weighted by molar-refractivity contribution is -0.136. The summed E-state index contributed by atoms with van der Waals surface area (Å²) < 4.78 is 5.45. The van der Waals surface area contributed by atoms with Crippen LogP contribution in [-0.4, -0.2) is 43.1 Å². The van der Waals surface area contributed by atoms with Gasteiger partial charge in [-0.25, -0.2) is 0 Å². The summed E-state index contributed by atoms with van der Waals surface area (Å²) >= 11 is 11.8. The number of amides is 1. The summed E-state index contributed by atoms with van der Waals surface area (Å²) in [5, 5.41) is 4.22. The van der Waals surface area contributed by atoms with Crippen LogP contribution in [0, 0.1) is 0 Å². The molecule has 0 bridgehead atoms.